The zero-order chi connectivity index (χ0) is 23.0. The summed E-state index contributed by atoms with van der Waals surface area (Å²) in [5.74, 6) is 0.719. The average Bonchev–Trinajstić information content (AvgIpc) is 3.52. The Morgan fingerprint density at radius 2 is 2.06 bits per heavy atom. The Balaban J connectivity index is 1.14. The molecule has 2 aromatic heterocycles. The first kappa shape index (κ1) is 21.4. The maximum absolute atomic E-state index is 13.4. The summed E-state index contributed by atoms with van der Waals surface area (Å²) in [6.45, 7) is 1.65. The Morgan fingerprint density at radius 1 is 1.27 bits per heavy atom. The molecule has 10 heteroatoms. The Labute approximate surface area is 193 Å². The number of benzene rings is 1. The van der Waals surface area contributed by atoms with E-state index in [0.717, 1.165) is 11.8 Å². The Morgan fingerprint density at radius 3 is 2.76 bits per heavy atom. The van der Waals surface area contributed by atoms with Gasteiger partial charge in [0.15, 0.2) is 12.4 Å². The number of carbonyl (C=O) groups excluding carboxylic acids is 1. The number of allylic oxidation sites excluding steroid dienone is 2. The van der Waals surface area contributed by atoms with E-state index in [9.17, 15) is 9.18 Å². The quantitative estimate of drug-likeness (QED) is 0.510. The van der Waals surface area contributed by atoms with Crippen LogP contribution in [-0.2, 0) is 10.2 Å². The molecule has 0 bridgehead atoms. The second-order valence-electron chi connectivity index (χ2n) is 8.34. The van der Waals surface area contributed by atoms with Crippen molar-refractivity contribution in [3.8, 4) is 17.6 Å². The third-order valence-corrected chi connectivity index (χ3v) is 5.77. The van der Waals surface area contributed by atoms with E-state index in [1.165, 1.54) is 25.0 Å². The van der Waals surface area contributed by atoms with Crippen LogP contribution in [-0.4, -0.2) is 27.7 Å². The number of carbonyl (C=O) groups is 1. The topological polar surface area (TPSA) is 99.4 Å². The van der Waals surface area contributed by atoms with E-state index in [-0.39, 0.29) is 29.4 Å². The van der Waals surface area contributed by atoms with Crippen molar-refractivity contribution in [1.82, 2.24) is 20.5 Å². The van der Waals surface area contributed by atoms with Crippen molar-refractivity contribution in [2.75, 3.05) is 6.61 Å². The molecule has 1 amide bonds. The minimum Gasteiger partial charge on any atom is -0.484 e. The minimum atomic E-state index is -0.610. The van der Waals surface area contributed by atoms with Gasteiger partial charge in [0.2, 0.25) is 5.89 Å². The monoisotopic (exact) mass is 470 g/mol. The van der Waals surface area contributed by atoms with Crippen LogP contribution in [0.15, 0.2) is 52.7 Å². The van der Waals surface area contributed by atoms with Gasteiger partial charge in [-0.2, -0.15) is 0 Å². The van der Waals surface area contributed by atoms with E-state index in [1.54, 1.807) is 6.20 Å². The van der Waals surface area contributed by atoms with Gasteiger partial charge in [0.1, 0.15) is 11.6 Å². The fraction of sp³-hybridized carbons (Fsp3) is 0.304. The summed E-state index contributed by atoms with van der Waals surface area (Å²) in [4.78, 5) is 16.5. The number of hydrogen-bond donors (Lipinski definition) is 1. The molecule has 0 aliphatic heterocycles. The molecule has 5 rings (SSSR count). The maximum Gasteiger partial charge on any atom is 0.420 e. The highest BCUT2D eigenvalue weighted by Gasteiger charge is 2.40. The van der Waals surface area contributed by atoms with Gasteiger partial charge in [0.05, 0.1) is 16.6 Å². The van der Waals surface area contributed by atoms with Crippen molar-refractivity contribution < 1.29 is 23.1 Å². The van der Waals surface area contributed by atoms with Crippen LogP contribution < -0.4 is 14.8 Å². The third-order valence-electron chi connectivity index (χ3n) is 5.47. The smallest absolute Gasteiger partial charge is 0.420 e. The maximum atomic E-state index is 13.4. The molecule has 1 atom stereocenters. The van der Waals surface area contributed by atoms with E-state index in [0.29, 0.717) is 29.7 Å². The molecule has 2 heterocycles. The summed E-state index contributed by atoms with van der Waals surface area (Å²) in [7, 11) is 0. The first-order chi connectivity index (χ1) is 15.9. The largest absolute Gasteiger partial charge is 0.484 e. The summed E-state index contributed by atoms with van der Waals surface area (Å²) in [6.07, 6.45) is 6.37. The summed E-state index contributed by atoms with van der Waals surface area (Å²) >= 11 is 5.63. The van der Waals surface area contributed by atoms with Crippen molar-refractivity contribution in [2.24, 2.45) is 0 Å². The number of nitrogens with one attached hydrogen (secondary N) is 1. The molecule has 1 fully saturated rings. The molecule has 2 aliphatic carbocycles. The van der Waals surface area contributed by atoms with E-state index < -0.39 is 11.2 Å². The van der Waals surface area contributed by atoms with Gasteiger partial charge in [-0.15, -0.1) is 5.10 Å². The normalized spacial score (nSPS) is 19.4. The predicted octanol–water partition coefficient (Wildman–Crippen LogP) is 4.67. The van der Waals surface area contributed by atoms with Crippen LogP contribution in [0, 0.1) is 5.82 Å². The number of rotatable bonds is 8. The van der Waals surface area contributed by atoms with Gasteiger partial charge in [-0.1, -0.05) is 16.7 Å². The summed E-state index contributed by atoms with van der Waals surface area (Å²) in [5.41, 5.74) is 1.25. The lowest BCUT2D eigenvalue weighted by Gasteiger charge is -2.33. The van der Waals surface area contributed by atoms with E-state index in [4.69, 9.17) is 25.5 Å². The summed E-state index contributed by atoms with van der Waals surface area (Å²) in [6, 6.07) is 7.77. The second kappa shape index (κ2) is 8.47. The molecule has 1 unspecified atom stereocenters. The van der Waals surface area contributed by atoms with Crippen LogP contribution in [0.25, 0.3) is 0 Å². The van der Waals surface area contributed by atoms with Gasteiger partial charge >= 0.3 is 6.08 Å². The van der Waals surface area contributed by atoms with Gasteiger partial charge in [0.25, 0.3) is 5.91 Å². The van der Waals surface area contributed by atoms with Gasteiger partial charge in [-0.05, 0) is 50.1 Å². The van der Waals surface area contributed by atoms with E-state index in [2.05, 4.69) is 20.5 Å². The highest BCUT2D eigenvalue weighted by molar-refractivity contribution is 6.30. The van der Waals surface area contributed by atoms with Crippen LogP contribution in [0.4, 0.5) is 4.39 Å². The zero-order valence-corrected chi connectivity index (χ0v) is 18.4. The molecule has 33 heavy (non-hydrogen) atoms. The lowest BCUT2D eigenvalue weighted by molar-refractivity contribution is -0.122. The number of aromatic nitrogens is 3. The van der Waals surface area contributed by atoms with Gasteiger partial charge < -0.3 is 19.2 Å². The molecule has 8 nitrogen and oxygen atoms in total. The van der Waals surface area contributed by atoms with E-state index >= 15 is 0 Å². The van der Waals surface area contributed by atoms with Gasteiger partial charge in [0, 0.05) is 29.8 Å². The van der Waals surface area contributed by atoms with Crippen LogP contribution in [0.2, 0.25) is 5.02 Å². The zero-order valence-electron chi connectivity index (χ0n) is 17.7. The van der Waals surface area contributed by atoms with Gasteiger partial charge in [-0.25, -0.2) is 4.39 Å². The molecule has 170 valence electrons. The molecule has 1 aromatic carbocycles. The lowest BCUT2D eigenvalue weighted by atomic mass is 9.75. The Kier molecular flexibility index (Phi) is 5.49. The average molecular weight is 471 g/mol. The molecule has 3 aromatic rings. The summed E-state index contributed by atoms with van der Waals surface area (Å²) < 4.78 is 30.0. The molecule has 0 radical (unpaired) electrons. The molecule has 0 spiro atoms. The minimum absolute atomic E-state index is 0.0107. The number of halogens is 2. The molecular formula is C23H20ClFN4O4. The Bertz CT molecular complexity index is 1230. The third kappa shape index (κ3) is 4.83. The van der Waals surface area contributed by atoms with E-state index in [1.807, 2.05) is 25.1 Å². The number of pyridine rings is 1. The molecule has 1 saturated carbocycles. The van der Waals surface area contributed by atoms with Crippen LogP contribution in [0.1, 0.15) is 43.7 Å². The lowest BCUT2D eigenvalue weighted by Crippen LogP contribution is -2.39. The van der Waals surface area contributed by atoms with Crippen LogP contribution in [0.5, 0.6) is 17.6 Å². The molecule has 2 aliphatic rings. The number of amides is 1. The Hall–Kier alpha value is -3.46. The van der Waals surface area contributed by atoms with Crippen molar-refractivity contribution in [1.29, 1.82) is 0 Å². The van der Waals surface area contributed by atoms with Crippen molar-refractivity contribution in [2.45, 2.75) is 37.5 Å². The molecular weight excluding hydrogens is 451 g/mol. The fourth-order valence-corrected chi connectivity index (χ4v) is 3.67. The fourth-order valence-electron chi connectivity index (χ4n) is 3.55. The number of hydrogen-bond acceptors (Lipinski definition) is 7. The molecule has 1 N–H and O–H groups in total. The van der Waals surface area contributed by atoms with Crippen molar-refractivity contribution in [3.05, 3.63) is 70.7 Å². The highest BCUT2D eigenvalue weighted by Crippen LogP contribution is 2.41. The van der Waals surface area contributed by atoms with Crippen molar-refractivity contribution >= 4 is 17.5 Å². The van der Waals surface area contributed by atoms with Crippen molar-refractivity contribution in [3.63, 3.8) is 0 Å². The number of nitrogens with zero attached hydrogens (tertiary/aromatic N) is 3. The first-order valence-electron chi connectivity index (χ1n) is 10.5. The van der Waals surface area contributed by atoms with Crippen LogP contribution >= 0.6 is 11.6 Å². The standard InChI is InChI=1S/C23H20ClFN4O4/c1-23(9-14(10-23)27-20(30)12-31-15-4-6-17(24)18(25)8-15)21-28-29-22(33-21)32-16-5-7-19(26-11-16)13-2-3-13/h4-9,11,13H,2-3,10,12H2,1H3,(H,27,30). The number of ether oxygens (including phenoxy) is 2. The molecule has 0 saturated heterocycles. The SMILES string of the molecule is CC1(c2nnc(Oc3ccc(C4CC4)nc3)o2)C=C(NC(=O)COc2ccc(Cl)c(F)c2)C1. The second-order valence-corrected chi connectivity index (χ2v) is 8.75. The van der Waals surface area contributed by atoms with Gasteiger partial charge in [-0.3, -0.25) is 9.78 Å². The summed E-state index contributed by atoms with van der Waals surface area (Å²) in [5, 5.41) is 10.8. The first-order valence-corrected chi connectivity index (χ1v) is 10.8. The predicted molar refractivity (Wildman–Crippen MR) is 116 cm³/mol. The van der Waals surface area contributed by atoms with Crippen LogP contribution in [0.3, 0.4) is 0 Å². The highest BCUT2D eigenvalue weighted by atomic mass is 35.5.